The van der Waals surface area contributed by atoms with Crippen LogP contribution in [0.1, 0.15) is 22.8 Å². The zero-order valence-electron chi connectivity index (χ0n) is 10.8. The van der Waals surface area contributed by atoms with Crippen LogP contribution in [0.4, 0.5) is 5.69 Å². The lowest BCUT2D eigenvalue weighted by atomic mass is 10.0. The molecule has 0 aliphatic carbocycles. The van der Waals surface area contributed by atoms with Crippen molar-refractivity contribution < 1.29 is 9.53 Å². The van der Waals surface area contributed by atoms with Crippen molar-refractivity contribution in [3.8, 4) is 5.75 Å². The molecule has 0 aliphatic heterocycles. The normalized spacial score (nSPS) is 10.3. The van der Waals surface area contributed by atoms with E-state index in [-0.39, 0.29) is 5.78 Å². The Bertz CT molecular complexity index is 658. The quantitative estimate of drug-likeness (QED) is 0.657. The Morgan fingerprint density at radius 1 is 1.30 bits per heavy atom. The highest BCUT2D eigenvalue weighted by atomic mass is 79.9. The Hall–Kier alpha value is -1.52. The van der Waals surface area contributed by atoms with Crippen molar-refractivity contribution in [1.82, 2.24) is 0 Å². The fraction of sp³-hybridized carbons (Fsp3) is 0.133. The molecule has 5 heteroatoms. The molecular formula is C15H13BrClNO2. The summed E-state index contributed by atoms with van der Waals surface area (Å²) >= 11 is 9.30. The second-order valence-corrected chi connectivity index (χ2v) is 5.43. The maximum absolute atomic E-state index is 12.4. The average Bonchev–Trinajstić information content (AvgIpc) is 2.43. The van der Waals surface area contributed by atoms with E-state index in [1.165, 1.54) is 0 Å². The van der Waals surface area contributed by atoms with Crippen LogP contribution in [0.15, 0.2) is 40.9 Å². The molecule has 0 heterocycles. The number of ketones is 1. The summed E-state index contributed by atoms with van der Waals surface area (Å²) in [5, 5.41) is 0.479. The van der Waals surface area contributed by atoms with Gasteiger partial charge in [0.05, 0.1) is 11.1 Å². The zero-order valence-corrected chi connectivity index (χ0v) is 13.2. The van der Waals surface area contributed by atoms with Gasteiger partial charge in [-0.05, 0) is 59.3 Å². The lowest BCUT2D eigenvalue weighted by Crippen LogP contribution is -2.05. The van der Waals surface area contributed by atoms with Gasteiger partial charge in [-0.1, -0.05) is 11.6 Å². The molecule has 0 spiro atoms. The number of carbonyl (C=O) groups is 1. The third-order valence-corrected chi connectivity index (χ3v) is 3.61. The number of nitrogen functional groups attached to an aromatic ring is 1. The van der Waals surface area contributed by atoms with Gasteiger partial charge in [0, 0.05) is 21.8 Å². The summed E-state index contributed by atoms with van der Waals surface area (Å²) in [6, 6.07) is 10.0. The lowest BCUT2D eigenvalue weighted by Gasteiger charge is -2.09. The summed E-state index contributed by atoms with van der Waals surface area (Å²) in [4.78, 5) is 12.4. The molecular weight excluding hydrogens is 342 g/mol. The molecule has 0 amide bonds. The minimum absolute atomic E-state index is 0.172. The first-order valence-electron chi connectivity index (χ1n) is 6.05. The fourth-order valence-electron chi connectivity index (χ4n) is 1.80. The van der Waals surface area contributed by atoms with Crippen molar-refractivity contribution in [2.75, 3.05) is 12.3 Å². The van der Waals surface area contributed by atoms with Crippen molar-refractivity contribution >= 4 is 39.0 Å². The molecule has 0 fully saturated rings. The SMILES string of the molecule is CCOc1ccc(C(=O)c2cc(Cl)ccc2N)cc1Br. The van der Waals surface area contributed by atoms with Gasteiger partial charge < -0.3 is 10.5 Å². The van der Waals surface area contributed by atoms with Crippen LogP contribution in [0, 0.1) is 0 Å². The summed E-state index contributed by atoms with van der Waals surface area (Å²) < 4.78 is 6.14. The van der Waals surface area contributed by atoms with Gasteiger partial charge in [0.1, 0.15) is 5.75 Å². The summed E-state index contributed by atoms with van der Waals surface area (Å²) in [5.74, 6) is 0.525. The van der Waals surface area contributed by atoms with Crippen molar-refractivity contribution in [3.05, 3.63) is 57.0 Å². The van der Waals surface area contributed by atoms with Crippen LogP contribution in [0.5, 0.6) is 5.75 Å². The van der Waals surface area contributed by atoms with E-state index in [9.17, 15) is 4.79 Å². The van der Waals surface area contributed by atoms with E-state index >= 15 is 0 Å². The Kier molecular flexibility index (Phi) is 4.68. The second-order valence-electron chi connectivity index (χ2n) is 4.14. The number of halogens is 2. The maximum Gasteiger partial charge on any atom is 0.195 e. The molecule has 0 atom stereocenters. The Labute approximate surface area is 130 Å². The first-order valence-corrected chi connectivity index (χ1v) is 7.22. The monoisotopic (exact) mass is 353 g/mol. The third-order valence-electron chi connectivity index (χ3n) is 2.75. The molecule has 0 unspecified atom stereocenters. The first-order chi connectivity index (χ1) is 9.52. The standard InChI is InChI=1S/C15H13BrClNO2/c1-2-20-14-6-3-9(7-12(14)16)15(19)11-8-10(17)4-5-13(11)18/h3-8H,2,18H2,1H3. The van der Waals surface area contributed by atoms with Gasteiger partial charge in [0.25, 0.3) is 0 Å². The minimum atomic E-state index is -0.172. The third kappa shape index (κ3) is 3.14. The molecule has 0 saturated carbocycles. The fourth-order valence-corrected chi connectivity index (χ4v) is 2.46. The molecule has 0 saturated heterocycles. The number of carbonyl (C=O) groups excluding carboxylic acids is 1. The van der Waals surface area contributed by atoms with Gasteiger partial charge >= 0.3 is 0 Å². The van der Waals surface area contributed by atoms with E-state index in [1.807, 2.05) is 6.92 Å². The highest BCUT2D eigenvalue weighted by molar-refractivity contribution is 9.10. The van der Waals surface area contributed by atoms with Gasteiger partial charge in [0.2, 0.25) is 0 Å². The molecule has 104 valence electrons. The van der Waals surface area contributed by atoms with Crippen molar-refractivity contribution in [1.29, 1.82) is 0 Å². The molecule has 0 radical (unpaired) electrons. The molecule has 2 N–H and O–H groups in total. The predicted octanol–water partition coefficient (Wildman–Crippen LogP) is 4.31. The summed E-state index contributed by atoms with van der Waals surface area (Å²) in [5.41, 5.74) is 7.15. The lowest BCUT2D eigenvalue weighted by molar-refractivity contribution is 0.103. The number of anilines is 1. The molecule has 2 aromatic rings. The largest absolute Gasteiger partial charge is 0.493 e. The smallest absolute Gasteiger partial charge is 0.195 e. The number of nitrogens with two attached hydrogens (primary N) is 1. The summed E-state index contributed by atoms with van der Waals surface area (Å²) in [6.45, 7) is 2.46. The van der Waals surface area contributed by atoms with Crippen molar-refractivity contribution in [2.45, 2.75) is 6.92 Å². The van der Waals surface area contributed by atoms with Crippen LogP contribution in [-0.2, 0) is 0 Å². The highest BCUT2D eigenvalue weighted by Crippen LogP contribution is 2.28. The van der Waals surface area contributed by atoms with Crippen LogP contribution in [-0.4, -0.2) is 12.4 Å². The molecule has 2 rings (SSSR count). The maximum atomic E-state index is 12.4. The molecule has 3 nitrogen and oxygen atoms in total. The topological polar surface area (TPSA) is 52.3 Å². The molecule has 0 aliphatic rings. The molecule has 2 aromatic carbocycles. The predicted molar refractivity (Wildman–Crippen MR) is 84.6 cm³/mol. The van der Waals surface area contributed by atoms with Crippen LogP contribution in [0.25, 0.3) is 0 Å². The van der Waals surface area contributed by atoms with Crippen LogP contribution < -0.4 is 10.5 Å². The average molecular weight is 355 g/mol. The minimum Gasteiger partial charge on any atom is -0.493 e. The molecule has 0 bridgehead atoms. The van der Waals surface area contributed by atoms with E-state index in [1.54, 1.807) is 36.4 Å². The Balaban J connectivity index is 2.38. The van der Waals surface area contributed by atoms with Gasteiger partial charge in [0.15, 0.2) is 5.78 Å². The van der Waals surface area contributed by atoms with E-state index in [0.717, 1.165) is 4.47 Å². The number of hydrogen-bond donors (Lipinski definition) is 1. The molecule has 0 aromatic heterocycles. The summed E-state index contributed by atoms with van der Waals surface area (Å²) in [6.07, 6.45) is 0. The van der Waals surface area contributed by atoms with E-state index in [0.29, 0.717) is 34.2 Å². The van der Waals surface area contributed by atoms with Crippen LogP contribution in [0.3, 0.4) is 0 Å². The highest BCUT2D eigenvalue weighted by Gasteiger charge is 2.14. The molecule has 20 heavy (non-hydrogen) atoms. The number of ether oxygens (including phenoxy) is 1. The van der Waals surface area contributed by atoms with Crippen molar-refractivity contribution in [3.63, 3.8) is 0 Å². The Morgan fingerprint density at radius 3 is 2.70 bits per heavy atom. The van der Waals surface area contributed by atoms with Crippen molar-refractivity contribution in [2.24, 2.45) is 0 Å². The summed E-state index contributed by atoms with van der Waals surface area (Å²) in [7, 11) is 0. The number of rotatable bonds is 4. The second kappa shape index (κ2) is 6.29. The van der Waals surface area contributed by atoms with Gasteiger partial charge in [-0.2, -0.15) is 0 Å². The zero-order chi connectivity index (χ0) is 14.7. The van der Waals surface area contributed by atoms with Gasteiger partial charge in [-0.15, -0.1) is 0 Å². The number of benzene rings is 2. The first kappa shape index (κ1) is 14.9. The Morgan fingerprint density at radius 2 is 2.05 bits per heavy atom. The van der Waals surface area contributed by atoms with E-state index in [4.69, 9.17) is 22.1 Å². The van der Waals surface area contributed by atoms with Gasteiger partial charge in [-0.3, -0.25) is 4.79 Å². The van der Waals surface area contributed by atoms with Gasteiger partial charge in [-0.25, -0.2) is 0 Å². The van der Waals surface area contributed by atoms with E-state index < -0.39 is 0 Å². The van der Waals surface area contributed by atoms with Crippen LogP contribution in [0.2, 0.25) is 5.02 Å². The van der Waals surface area contributed by atoms with Crippen LogP contribution >= 0.6 is 27.5 Å². The number of hydrogen-bond acceptors (Lipinski definition) is 3. The van der Waals surface area contributed by atoms with E-state index in [2.05, 4.69) is 15.9 Å².